The monoisotopic (exact) mass is 980 g/mol. The first-order valence-electron chi connectivity index (χ1n) is 22.6. The number of phenolic OH excluding ortho intramolecular Hbond substituents is 1. The summed E-state index contributed by atoms with van der Waals surface area (Å²) in [5, 5.41) is 48.4. The second kappa shape index (κ2) is 18.6. The van der Waals surface area contributed by atoms with Gasteiger partial charge in [-0.1, -0.05) is 18.2 Å². The molecule has 5 N–H and O–H groups in total. The molecule has 0 spiro atoms. The van der Waals surface area contributed by atoms with Crippen LogP contribution in [0.2, 0.25) is 0 Å². The van der Waals surface area contributed by atoms with Crippen molar-refractivity contribution in [1.29, 1.82) is 0 Å². The van der Waals surface area contributed by atoms with E-state index in [0.717, 1.165) is 0 Å². The highest BCUT2D eigenvalue weighted by atomic mass is 32.1. The molecule has 3 aromatic carbocycles. The number of benzene rings is 3. The minimum Gasteiger partial charge on any atom is -0.506 e. The first-order valence-corrected chi connectivity index (χ1v) is 23.1. The molecule has 4 aliphatic rings. The van der Waals surface area contributed by atoms with E-state index < -0.39 is 108 Å². The second-order valence-corrected chi connectivity index (χ2v) is 19.1. The lowest BCUT2D eigenvalue weighted by Crippen LogP contribution is -2.70. The molecule has 1 aliphatic carbocycles. The number of thiol groups is 1. The van der Waals surface area contributed by atoms with Crippen molar-refractivity contribution in [3.63, 3.8) is 0 Å². The van der Waals surface area contributed by atoms with Crippen molar-refractivity contribution in [2.75, 3.05) is 20.4 Å². The van der Waals surface area contributed by atoms with Crippen molar-refractivity contribution >= 4 is 80.0 Å². The lowest BCUT2D eigenvalue weighted by Gasteiger charge is -2.50. The van der Waals surface area contributed by atoms with Crippen LogP contribution in [0.4, 0.5) is 4.79 Å². The third kappa shape index (κ3) is 8.53. The van der Waals surface area contributed by atoms with E-state index in [0.29, 0.717) is 31.2 Å². The predicted octanol–water partition coefficient (Wildman–Crippen LogP) is 2.86. The van der Waals surface area contributed by atoms with Crippen LogP contribution in [0.1, 0.15) is 58.4 Å². The second-order valence-electron chi connectivity index (χ2n) is 18.4. The summed E-state index contributed by atoms with van der Waals surface area (Å²) in [5.41, 5.74) is -3.36. The number of rotatable bonds is 11. The normalized spacial score (nSPS) is 32.0. The SMILES string of the molecule is CO[C@H]1[C@@H](O)[C@@H](C)O[C@H](O[C@H]2[C@H](Oc3cccc4c(O)c5c(=O)oc6ccc(C)c7c(=O)oc(c34)c5c67)O[C@H](C)[C@H](O)[C@]2(C)O)[C@@H]1NC(=O)OCOC(=O)C1CCC(CN2C(=O)CC(S)C2=O)CC1. The van der Waals surface area contributed by atoms with Gasteiger partial charge in [-0.25, -0.2) is 14.4 Å². The highest BCUT2D eigenvalue weighted by Crippen LogP contribution is 2.46. The summed E-state index contributed by atoms with van der Waals surface area (Å²) in [4.78, 5) is 79.2. The van der Waals surface area contributed by atoms with Crippen LogP contribution in [-0.2, 0) is 42.8 Å². The van der Waals surface area contributed by atoms with Crippen LogP contribution in [0.3, 0.4) is 0 Å². The number of nitrogens with zero attached hydrogens (tertiary/aromatic N) is 1. The minimum atomic E-state index is -2.20. The Bertz CT molecular complexity index is 2950. The molecule has 3 aliphatic heterocycles. The summed E-state index contributed by atoms with van der Waals surface area (Å²) in [6.07, 6.45) is -10.3. The number of aryl methyl sites for hydroxylation is 1. The largest absolute Gasteiger partial charge is 0.506 e. The van der Waals surface area contributed by atoms with E-state index >= 15 is 0 Å². The van der Waals surface area contributed by atoms with Gasteiger partial charge in [0.15, 0.2) is 18.0 Å². The zero-order valence-electron chi connectivity index (χ0n) is 38.1. The first-order chi connectivity index (χ1) is 32.8. The van der Waals surface area contributed by atoms with Crippen LogP contribution in [0.25, 0.3) is 43.5 Å². The molecule has 0 bridgehead atoms. The standard InChI is InChI=1S/C47H52N2O19S/c1-18-9-14-25-30-28(18)42(56)67-36-29-23(35(52)32(31(30)36)43(57)65-25)7-6-8-24(29)66-45-39(47(4,59)38(53)20(3)64-45)68-44-33(37(60-5)34(51)19(2)63-44)48-46(58)62-17-61-41(55)22-12-10-21(11-13-22)16-49-27(50)15-26(69)40(49)54/h6-9,14,19-22,26,33-34,37-39,44-45,51-53,59,69H,10-13,15-17H2,1-5H3,(H,48,58)/t19-,20-,21?,22?,26?,33-,34+,37-,38+,39+,44-,45+,47+/m1/s1. The van der Waals surface area contributed by atoms with Crippen LogP contribution in [0.5, 0.6) is 11.5 Å². The van der Waals surface area contributed by atoms with Gasteiger partial charge in [0.1, 0.15) is 52.4 Å². The van der Waals surface area contributed by atoms with E-state index in [1.54, 1.807) is 13.0 Å². The van der Waals surface area contributed by atoms with Gasteiger partial charge in [-0.3, -0.25) is 19.3 Å². The maximum Gasteiger partial charge on any atom is 0.410 e. The molecule has 0 radical (unpaired) electrons. The number of aliphatic hydroxyl groups excluding tert-OH is 2. The number of phenols is 1. The number of carbonyl (C=O) groups is 4. The van der Waals surface area contributed by atoms with Gasteiger partial charge in [0.2, 0.25) is 24.9 Å². The Labute approximate surface area is 397 Å². The zero-order valence-corrected chi connectivity index (χ0v) is 39.0. The maximum absolute atomic E-state index is 13.7. The molecule has 370 valence electrons. The molecule has 1 unspecified atom stereocenters. The van der Waals surface area contributed by atoms with Gasteiger partial charge in [0, 0.05) is 36.2 Å². The predicted molar refractivity (Wildman–Crippen MR) is 243 cm³/mol. The Morgan fingerprint density at radius 2 is 1.61 bits per heavy atom. The topological polar surface area (TPSA) is 289 Å². The third-order valence-corrected chi connectivity index (χ3v) is 14.4. The van der Waals surface area contributed by atoms with Crippen molar-refractivity contribution in [3.8, 4) is 11.5 Å². The number of nitrogens with one attached hydrogen (secondary N) is 1. The third-order valence-electron chi connectivity index (χ3n) is 14.0. The van der Waals surface area contributed by atoms with Gasteiger partial charge in [-0.2, -0.15) is 12.6 Å². The molecule has 4 fully saturated rings. The Kier molecular flexibility index (Phi) is 13.1. The van der Waals surface area contributed by atoms with Crippen molar-refractivity contribution in [2.24, 2.45) is 11.8 Å². The van der Waals surface area contributed by atoms with Gasteiger partial charge in [0.05, 0.1) is 34.1 Å². The van der Waals surface area contributed by atoms with E-state index in [-0.39, 0.29) is 79.9 Å². The Morgan fingerprint density at radius 3 is 2.30 bits per heavy atom. The van der Waals surface area contributed by atoms with E-state index in [1.165, 1.54) is 57.0 Å². The average Bonchev–Trinajstić information content (AvgIpc) is 3.55. The van der Waals surface area contributed by atoms with Crippen LogP contribution >= 0.6 is 12.6 Å². The molecular weight excluding hydrogens is 929 g/mol. The lowest BCUT2D eigenvalue weighted by molar-refractivity contribution is -0.357. The summed E-state index contributed by atoms with van der Waals surface area (Å²) in [7, 11) is 1.27. The summed E-state index contributed by atoms with van der Waals surface area (Å²) >= 11 is 4.17. The van der Waals surface area contributed by atoms with Gasteiger partial charge in [-0.05, 0) is 77.0 Å². The highest BCUT2D eigenvalue weighted by Gasteiger charge is 2.57. The number of aromatic hydroxyl groups is 1. The number of hydrogen-bond acceptors (Lipinski definition) is 20. The van der Waals surface area contributed by atoms with E-state index in [4.69, 9.17) is 42.0 Å². The van der Waals surface area contributed by atoms with Gasteiger partial charge < -0.3 is 67.7 Å². The molecule has 9 rings (SSSR count). The number of aliphatic hydroxyl groups is 3. The van der Waals surface area contributed by atoms with Gasteiger partial charge in [0.25, 0.3) is 0 Å². The average molecular weight is 981 g/mol. The lowest BCUT2D eigenvalue weighted by atomic mass is 9.82. The molecule has 21 nitrogen and oxygen atoms in total. The number of imide groups is 1. The molecular formula is C47H52N2O19S. The summed E-state index contributed by atoms with van der Waals surface area (Å²) in [5.74, 6) is -2.26. The van der Waals surface area contributed by atoms with Crippen LogP contribution in [0.15, 0.2) is 48.8 Å². The van der Waals surface area contributed by atoms with E-state index in [1.807, 2.05) is 0 Å². The molecule has 2 aromatic heterocycles. The van der Waals surface area contributed by atoms with Crippen molar-refractivity contribution in [1.82, 2.24) is 10.2 Å². The van der Waals surface area contributed by atoms with Crippen LogP contribution < -0.4 is 21.3 Å². The number of alkyl carbamates (subject to hydrolysis) is 1. The van der Waals surface area contributed by atoms with Gasteiger partial charge in [-0.15, -0.1) is 0 Å². The number of methoxy groups -OCH3 is 1. The fourth-order valence-corrected chi connectivity index (χ4v) is 10.5. The first kappa shape index (κ1) is 48.4. The van der Waals surface area contributed by atoms with Crippen molar-refractivity contribution < 1.29 is 81.6 Å². The maximum atomic E-state index is 13.7. The molecule has 22 heteroatoms. The zero-order chi connectivity index (χ0) is 49.4. The summed E-state index contributed by atoms with van der Waals surface area (Å²) in [6.45, 7) is 5.40. The number of esters is 1. The number of fused-ring (bicyclic) bond motifs is 2. The van der Waals surface area contributed by atoms with Crippen molar-refractivity contribution in [2.45, 2.75) is 126 Å². The number of hydrogen-bond donors (Lipinski definition) is 6. The smallest absolute Gasteiger partial charge is 0.410 e. The molecule has 5 aromatic rings. The molecule has 11 atom stereocenters. The minimum absolute atomic E-state index is 0.0159. The number of likely N-dealkylation sites (tertiary alicyclic amines) is 1. The van der Waals surface area contributed by atoms with Crippen molar-refractivity contribution in [3.05, 3.63) is 56.7 Å². The fraction of sp³-hybridized carbons (Fsp3) is 0.532. The number of ether oxygens (including phenoxy) is 7. The highest BCUT2D eigenvalue weighted by molar-refractivity contribution is 7.81. The molecule has 5 heterocycles. The van der Waals surface area contributed by atoms with Gasteiger partial charge >= 0.3 is 23.3 Å². The van der Waals surface area contributed by atoms with E-state index in [2.05, 4.69) is 17.9 Å². The van der Waals surface area contributed by atoms with Crippen LogP contribution in [0, 0.1) is 18.8 Å². The number of carbonyl (C=O) groups excluding carboxylic acids is 4. The molecule has 3 amide bonds. The fourth-order valence-electron chi connectivity index (χ4n) is 10.2. The quantitative estimate of drug-likeness (QED) is 0.0211. The Morgan fingerprint density at radius 1 is 0.899 bits per heavy atom. The summed E-state index contributed by atoms with van der Waals surface area (Å²) < 4.78 is 52.7. The van der Waals surface area contributed by atoms with E-state index in [9.17, 15) is 49.2 Å². The molecule has 3 saturated heterocycles. The van der Waals surface area contributed by atoms with Crippen LogP contribution in [-0.4, -0.2) is 136 Å². The molecule has 69 heavy (non-hydrogen) atoms. The summed E-state index contributed by atoms with van der Waals surface area (Å²) in [6, 6.07) is 6.15. The Hall–Kier alpha value is -5.59. The molecule has 1 saturated carbocycles. The Balaban J connectivity index is 0.943. The number of amides is 3.